The maximum Gasteiger partial charge on any atom is 0.379 e. The summed E-state index contributed by atoms with van der Waals surface area (Å²) in [4.78, 5) is 22.9. The van der Waals surface area contributed by atoms with Gasteiger partial charge in [0.1, 0.15) is 5.75 Å². The number of benzene rings is 1. The number of esters is 2. The highest BCUT2D eigenvalue weighted by molar-refractivity contribution is 5.91. The van der Waals surface area contributed by atoms with Gasteiger partial charge in [-0.05, 0) is 30.3 Å². The average Bonchev–Trinajstić information content (AvgIpc) is 2.92. The molecule has 0 saturated heterocycles. The van der Waals surface area contributed by atoms with E-state index in [4.69, 9.17) is 9.15 Å². The third-order valence-electron chi connectivity index (χ3n) is 2.19. The molecular weight excluding hydrogens is 236 g/mol. The average molecular weight is 246 g/mol. The Bertz CT molecular complexity index is 557. The van der Waals surface area contributed by atoms with Gasteiger partial charge in [-0.1, -0.05) is 6.07 Å². The van der Waals surface area contributed by atoms with Crippen LogP contribution < -0.4 is 4.74 Å². The van der Waals surface area contributed by atoms with Crippen LogP contribution in [0.15, 0.2) is 47.1 Å². The largest absolute Gasteiger partial charge is 0.465 e. The quantitative estimate of drug-likeness (QED) is 0.614. The summed E-state index contributed by atoms with van der Waals surface area (Å²) in [5, 5.41) is 0. The molecule has 2 rings (SSSR count). The lowest BCUT2D eigenvalue weighted by molar-refractivity contribution is 0.0597. The monoisotopic (exact) mass is 246 g/mol. The Labute approximate surface area is 103 Å². The summed E-state index contributed by atoms with van der Waals surface area (Å²) in [6.07, 6.45) is 1.38. The van der Waals surface area contributed by atoms with Crippen molar-refractivity contribution in [2.75, 3.05) is 7.11 Å². The smallest absolute Gasteiger partial charge is 0.379 e. The number of ether oxygens (including phenoxy) is 2. The van der Waals surface area contributed by atoms with Crippen molar-refractivity contribution < 1.29 is 23.5 Å². The summed E-state index contributed by atoms with van der Waals surface area (Å²) in [7, 11) is 1.28. The number of hydrogen-bond donors (Lipinski definition) is 0. The summed E-state index contributed by atoms with van der Waals surface area (Å²) >= 11 is 0. The first kappa shape index (κ1) is 11.9. The van der Waals surface area contributed by atoms with Crippen LogP contribution in [-0.2, 0) is 4.74 Å². The Kier molecular flexibility index (Phi) is 3.43. The molecule has 1 aromatic heterocycles. The van der Waals surface area contributed by atoms with Crippen LogP contribution in [0.3, 0.4) is 0 Å². The summed E-state index contributed by atoms with van der Waals surface area (Å²) in [6.45, 7) is 0. The molecule has 0 spiro atoms. The fraction of sp³-hybridized carbons (Fsp3) is 0.0769. The fourth-order valence-corrected chi connectivity index (χ4v) is 1.36. The molecule has 0 aliphatic heterocycles. The van der Waals surface area contributed by atoms with Gasteiger partial charge in [0.25, 0.3) is 0 Å². The lowest BCUT2D eigenvalue weighted by Gasteiger charge is -2.04. The zero-order valence-electron chi connectivity index (χ0n) is 9.58. The molecule has 0 atom stereocenters. The van der Waals surface area contributed by atoms with Crippen LogP contribution in [0.1, 0.15) is 20.9 Å². The van der Waals surface area contributed by atoms with Crippen molar-refractivity contribution in [1.82, 2.24) is 0 Å². The predicted octanol–water partition coefficient (Wildman–Crippen LogP) is 2.29. The second kappa shape index (κ2) is 5.18. The first-order chi connectivity index (χ1) is 8.70. The van der Waals surface area contributed by atoms with E-state index in [0.717, 1.165) is 0 Å². The molecule has 2 aromatic rings. The summed E-state index contributed by atoms with van der Waals surface area (Å²) in [6, 6.07) is 9.22. The van der Waals surface area contributed by atoms with Crippen molar-refractivity contribution in [3.8, 4) is 5.75 Å². The van der Waals surface area contributed by atoms with Crippen LogP contribution in [-0.4, -0.2) is 19.0 Å². The Balaban J connectivity index is 2.15. The van der Waals surface area contributed by atoms with Crippen LogP contribution >= 0.6 is 0 Å². The molecular formula is C13H10O5. The maximum absolute atomic E-state index is 11.6. The molecule has 0 aliphatic carbocycles. The third kappa shape index (κ3) is 2.57. The van der Waals surface area contributed by atoms with Crippen molar-refractivity contribution in [2.24, 2.45) is 0 Å². The van der Waals surface area contributed by atoms with E-state index in [1.807, 2.05) is 0 Å². The van der Waals surface area contributed by atoms with Gasteiger partial charge >= 0.3 is 11.9 Å². The SMILES string of the molecule is COC(=O)c1cccc(OC(=O)c2ccco2)c1. The number of methoxy groups -OCH3 is 1. The van der Waals surface area contributed by atoms with Gasteiger partial charge in [0.05, 0.1) is 18.9 Å². The second-order valence-corrected chi connectivity index (χ2v) is 3.39. The van der Waals surface area contributed by atoms with Crippen LogP contribution in [0.25, 0.3) is 0 Å². The zero-order chi connectivity index (χ0) is 13.0. The molecule has 0 unspecified atom stereocenters. The molecule has 1 heterocycles. The minimum Gasteiger partial charge on any atom is -0.465 e. The van der Waals surface area contributed by atoms with Crippen molar-refractivity contribution in [3.05, 3.63) is 54.0 Å². The number of carbonyl (C=O) groups excluding carboxylic acids is 2. The van der Waals surface area contributed by atoms with E-state index in [1.54, 1.807) is 24.3 Å². The van der Waals surface area contributed by atoms with E-state index in [2.05, 4.69) is 4.74 Å². The van der Waals surface area contributed by atoms with Crippen LogP contribution in [0.4, 0.5) is 0 Å². The summed E-state index contributed by atoms with van der Waals surface area (Å²) < 4.78 is 14.5. The van der Waals surface area contributed by atoms with Crippen molar-refractivity contribution in [3.63, 3.8) is 0 Å². The van der Waals surface area contributed by atoms with Gasteiger partial charge in [0.15, 0.2) is 0 Å². The molecule has 5 heteroatoms. The molecule has 0 saturated carbocycles. The zero-order valence-corrected chi connectivity index (χ0v) is 9.58. The summed E-state index contributed by atoms with van der Waals surface area (Å²) in [5.41, 5.74) is 0.308. The highest BCUT2D eigenvalue weighted by Gasteiger charge is 2.13. The van der Waals surface area contributed by atoms with Crippen LogP contribution in [0, 0.1) is 0 Å². The van der Waals surface area contributed by atoms with E-state index in [9.17, 15) is 9.59 Å². The molecule has 5 nitrogen and oxygen atoms in total. The highest BCUT2D eigenvalue weighted by atomic mass is 16.5. The highest BCUT2D eigenvalue weighted by Crippen LogP contribution is 2.16. The number of hydrogen-bond acceptors (Lipinski definition) is 5. The van der Waals surface area contributed by atoms with E-state index in [0.29, 0.717) is 5.56 Å². The number of carbonyl (C=O) groups is 2. The van der Waals surface area contributed by atoms with Crippen LogP contribution in [0.5, 0.6) is 5.75 Å². The molecule has 1 aromatic carbocycles. The topological polar surface area (TPSA) is 65.7 Å². The van der Waals surface area contributed by atoms with Gasteiger partial charge in [0, 0.05) is 0 Å². The molecule has 0 amide bonds. The molecule has 18 heavy (non-hydrogen) atoms. The Hall–Kier alpha value is -2.56. The Morgan fingerprint density at radius 3 is 2.61 bits per heavy atom. The third-order valence-corrected chi connectivity index (χ3v) is 2.19. The van der Waals surface area contributed by atoms with E-state index >= 15 is 0 Å². The first-order valence-corrected chi connectivity index (χ1v) is 5.15. The van der Waals surface area contributed by atoms with E-state index in [-0.39, 0.29) is 11.5 Å². The summed E-state index contributed by atoms with van der Waals surface area (Å²) in [5.74, 6) is -0.773. The molecule has 0 N–H and O–H groups in total. The first-order valence-electron chi connectivity index (χ1n) is 5.15. The Morgan fingerprint density at radius 1 is 1.11 bits per heavy atom. The van der Waals surface area contributed by atoms with Gasteiger partial charge in [-0.2, -0.15) is 0 Å². The van der Waals surface area contributed by atoms with Gasteiger partial charge < -0.3 is 13.9 Å². The van der Waals surface area contributed by atoms with E-state index < -0.39 is 11.9 Å². The standard InChI is InChI=1S/C13H10O5/c1-16-12(14)9-4-2-5-10(8-9)18-13(15)11-6-3-7-17-11/h2-8H,1H3. The van der Waals surface area contributed by atoms with Gasteiger partial charge in [-0.15, -0.1) is 0 Å². The van der Waals surface area contributed by atoms with Gasteiger partial charge in [-0.3, -0.25) is 0 Å². The van der Waals surface area contributed by atoms with Gasteiger partial charge in [0.2, 0.25) is 5.76 Å². The number of rotatable bonds is 3. The maximum atomic E-state index is 11.6. The fourth-order valence-electron chi connectivity index (χ4n) is 1.36. The normalized spacial score (nSPS) is 9.83. The minimum absolute atomic E-state index is 0.0958. The molecule has 0 aliphatic rings. The van der Waals surface area contributed by atoms with Crippen LogP contribution in [0.2, 0.25) is 0 Å². The van der Waals surface area contributed by atoms with Crippen molar-refractivity contribution >= 4 is 11.9 Å². The molecule has 0 fully saturated rings. The number of furan rings is 1. The lowest BCUT2D eigenvalue weighted by atomic mass is 10.2. The minimum atomic E-state index is -0.623. The second-order valence-electron chi connectivity index (χ2n) is 3.39. The lowest BCUT2D eigenvalue weighted by Crippen LogP contribution is -2.08. The molecule has 0 bridgehead atoms. The predicted molar refractivity (Wildman–Crippen MR) is 61.4 cm³/mol. The molecule has 0 radical (unpaired) electrons. The van der Waals surface area contributed by atoms with E-state index in [1.165, 1.54) is 25.5 Å². The Morgan fingerprint density at radius 2 is 1.94 bits per heavy atom. The van der Waals surface area contributed by atoms with Gasteiger partial charge in [-0.25, -0.2) is 9.59 Å². The van der Waals surface area contributed by atoms with Crippen molar-refractivity contribution in [2.45, 2.75) is 0 Å². The van der Waals surface area contributed by atoms with Crippen molar-refractivity contribution in [1.29, 1.82) is 0 Å². The molecule has 92 valence electrons.